The summed E-state index contributed by atoms with van der Waals surface area (Å²) in [6, 6.07) is 16.1. The number of methoxy groups -OCH3 is 1. The molecule has 32 heavy (non-hydrogen) atoms. The zero-order chi connectivity index (χ0) is 22.9. The van der Waals surface area contributed by atoms with Gasteiger partial charge in [0, 0.05) is 35.8 Å². The third kappa shape index (κ3) is 6.10. The maximum absolute atomic E-state index is 13.1. The summed E-state index contributed by atoms with van der Waals surface area (Å²) < 4.78 is 6.72. The molecule has 0 unspecified atom stereocenters. The lowest BCUT2D eigenvalue weighted by Crippen LogP contribution is -2.05. The van der Waals surface area contributed by atoms with Crippen LogP contribution in [-0.2, 0) is 23.0 Å². The number of unbranched alkanes of at least 4 members (excludes halogenated alkanes) is 2. The number of aryl methyl sites for hydroxylation is 2. The Labute approximate surface area is 194 Å². The number of Topliss-reactive ketones (excluding diaryl/α,β-unsaturated/α-hetero) is 1. The minimum absolute atomic E-state index is 0.0190. The second-order valence-corrected chi connectivity index (χ2v) is 8.40. The van der Waals surface area contributed by atoms with Crippen molar-refractivity contribution in [2.45, 2.75) is 44.9 Å². The number of esters is 1. The molecule has 2 aromatic carbocycles. The van der Waals surface area contributed by atoms with Gasteiger partial charge in [0.15, 0.2) is 5.78 Å². The van der Waals surface area contributed by atoms with Crippen LogP contribution in [0.1, 0.15) is 60.1 Å². The van der Waals surface area contributed by atoms with E-state index in [0.717, 1.165) is 42.3 Å². The van der Waals surface area contributed by atoms with Crippen molar-refractivity contribution in [1.82, 2.24) is 4.57 Å². The first-order valence-corrected chi connectivity index (χ1v) is 11.5. The van der Waals surface area contributed by atoms with Crippen LogP contribution in [0.25, 0.3) is 17.0 Å². The van der Waals surface area contributed by atoms with E-state index in [9.17, 15) is 9.59 Å². The lowest BCUT2D eigenvalue weighted by atomic mass is 10.0. The molecule has 3 aromatic rings. The van der Waals surface area contributed by atoms with E-state index >= 15 is 0 Å². The minimum Gasteiger partial charge on any atom is -0.469 e. The van der Waals surface area contributed by atoms with Crippen LogP contribution in [0.3, 0.4) is 0 Å². The molecule has 0 aliphatic carbocycles. The van der Waals surface area contributed by atoms with Crippen molar-refractivity contribution in [3.8, 4) is 0 Å². The summed E-state index contributed by atoms with van der Waals surface area (Å²) in [5.41, 5.74) is 3.89. The highest BCUT2D eigenvalue weighted by Gasteiger charge is 2.20. The Bertz CT molecular complexity index is 1100. The van der Waals surface area contributed by atoms with Crippen molar-refractivity contribution in [1.29, 1.82) is 0 Å². The van der Waals surface area contributed by atoms with Crippen LogP contribution in [0.15, 0.2) is 54.6 Å². The molecule has 4 nitrogen and oxygen atoms in total. The van der Waals surface area contributed by atoms with E-state index in [4.69, 9.17) is 11.6 Å². The molecule has 0 atom stereocenters. The van der Waals surface area contributed by atoms with Crippen LogP contribution in [0.5, 0.6) is 0 Å². The third-order valence-corrected chi connectivity index (χ3v) is 5.94. The second kappa shape index (κ2) is 11.7. The lowest BCUT2D eigenvalue weighted by molar-refractivity contribution is -0.140. The molecule has 5 heteroatoms. The van der Waals surface area contributed by atoms with Crippen molar-refractivity contribution in [3.05, 3.63) is 76.5 Å². The fraction of sp³-hybridized carbons (Fsp3) is 0.333. The van der Waals surface area contributed by atoms with Crippen LogP contribution in [0.4, 0.5) is 0 Å². The first-order valence-electron chi connectivity index (χ1n) is 11.1. The number of nitrogens with zero attached hydrogens (tertiary/aromatic N) is 1. The number of rotatable bonds is 11. The number of benzene rings is 2. The summed E-state index contributed by atoms with van der Waals surface area (Å²) in [5.74, 6) is -0.278. The zero-order valence-corrected chi connectivity index (χ0v) is 19.5. The van der Waals surface area contributed by atoms with Gasteiger partial charge in [0.25, 0.3) is 0 Å². The predicted octanol–water partition coefficient (Wildman–Crippen LogP) is 6.78. The fourth-order valence-corrected chi connectivity index (χ4v) is 4.15. The van der Waals surface area contributed by atoms with Gasteiger partial charge in [0.05, 0.1) is 18.4 Å². The summed E-state index contributed by atoms with van der Waals surface area (Å²) in [7, 11) is 3.33. The highest BCUT2D eigenvalue weighted by Crippen LogP contribution is 2.30. The van der Waals surface area contributed by atoms with Gasteiger partial charge < -0.3 is 9.30 Å². The summed E-state index contributed by atoms with van der Waals surface area (Å²) >= 11 is 6.23. The van der Waals surface area contributed by atoms with Crippen LogP contribution >= 0.6 is 11.6 Å². The van der Waals surface area contributed by atoms with Crippen molar-refractivity contribution in [3.63, 3.8) is 0 Å². The number of aromatic nitrogens is 1. The van der Waals surface area contributed by atoms with Gasteiger partial charge in [-0.1, -0.05) is 48.0 Å². The number of hydrogen-bond donors (Lipinski definition) is 0. The highest BCUT2D eigenvalue weighted by molar-refractivity contribution is 6.31. The number of carbonyl (C=O) groups excluding carboxylic acids is 2. The van der Waals surface area contributed by atoms with Gasteiger partial charge in [-0.15, -0.1) is 0 Å². The summed E-state index contributed by atoms with van der Waals surface area (Å²) in [5, 5.41) is 1.45. The molecule has 0 spiro atoms. The van der Waals surface area contributed by atoms with Crippen molar-refractivity contribution in [2.24, 2.45) is 7.05 Å². The summed E-state index contributed by atoms with van der Waals surface area (Å²) in [6.45, 7) is 0. The Balaban J connectivity index is 1.72. The van der Waals surface area contributed by atoms with E-state index in [-0.39, 0.29) is 18.2 Å². The SMILES string of the molecule is COC(=O)CCCC(=O)c1c(/C=C/CCCCc2ccccc2)n(C)c2ccc(Cl)cc12. The first kappa shape index (κ1) is 23.8. The summed E-state index contributed by atoms with van der Waals surface area (Å²) in [4.78, 5) is 24.5. The van der Waals surface area contributed by atoms with Crippen LogP contribution in [0.2, 0.25) is 5.02 Å². The van der Waals surface area contributed by atoms with Crippen molar-refractivity contribution in [2.75, 3.05) is 7.11 Å². The fourth-order valence-electron chi connectivity index (χ4n) is 3.98. The van der Waals surface area contributed by atoms with Gasteiger partial charge in [0.2, 0.25) is 0 Å². The largest absolute Gasteiger partial charge is 0.469 e. The molecule has 0 aliphatic heterocycles. The molecule has 0 amide bonds. The zero-order valence-electron chi connectivity index (χ0n) is 18.8. The molecular weight excluding hydrogens is 422 g/mol. The molecule has 0 radical (unpaired) electrons. The standard InChI is InChI=1S/C27H30ClNO3/c1-29-23-18-17-21(28)19-22(23)27(25(30)15-10-16-26(31)32-2)24(29)14-9-4-3-6-11-20-12-7-5-8-13-20/h5,7-9,12-14,17-19H,3-4,6,10-11,15-16H2,1-2H3/b14-9+. The number of fused-ring (bicyclic) bond motifs is 1. The van der Waals surface area contributed by atoms with Gasteiger partial charge in [0.1, 0.15) is 0 Å². The van der Waals surface area contributed by atoms with E-state index in [1.165, 1.54) is 12.7 Å². The molecule has 0 bridgehead atoms. The second-order valence-electron chi connectivity index (χ2n) is 7.97. The number of hydrogen-bond acceptors (Lipinski definition) is 3. The van der Waals surface area contributed by atoms with Crippen LogP contribution in [0, 0.1) is 0 Å². The highest BCUT2D eigenvalue weighted by atomic mass is 35.5. The maximum Gasteiger partial charge on any atom is 0.305 e. The van der Waals surface area contributed by atoms with Gasteiger partial charge >= 0.3 is 5.97 Å². The number of halogens is 1. The monoisotopic (exact) mass is 451 g/mol. The van der Waals surface area contributed by atoms with E-state index in [1.807, 2.05) is 42.0 Å². The number of ether oxygens (including phenoxy) is 1. The van der Waals surface area contributed by atoms with Gasteiger partial charge in [-0.05, 0) is 61.9 Å². The smallest absolute Gasteiger partial charge is 0.305 e. The first-order chi connectivity index (χ1) is 15.5. The van der Waals surface area contributed by atoms with E-state index in [1.54, 1.807) is 0 Å². The average Bonchev–Trinajstić information content (AvgIpc) is 3.07. The van der Waals surface area contributed by atoms with E-state index in [0.29, 0.717) is 23.4 Å². The van der Waals surface area contributed by atoms with Crippen LogP contribution in [-0.4, -0.2) is 23.4 Å². The van der Waals surface area contributed by atoms with E-state index < -0.39 is 0 Å². The summed E-state index contributed by atoms with van der Waals surface area (Å²) in [6.07, 6.45) is 9.41. The average molecular weight is 452 g/mol. The molecule has 0 N–H and O–H groups in total. The molecular formula is C27H30ClNO3. The van der Waals surface area contributed by atoms with Crippen LogP contribution < -0.4 is 0 Å². The Morgan fingerprint density at radius 3 is 2.56 bits per heavy atom. The van der Waals surface area contributed by atoms with Crippen molar-refractivity contribution < 1.29 is 14.3 Å². The van der Waals surface area contributed by atoms with Gasteiger partial charge in [-0.2, -0.15) is 0 Å². The molecule has 0 aliphatic rings. The van der Waals surface area contributed by atoms with E-state index in [2.05, 4.69) is 35.1 Å². The number of ketones is 1. The number of allylic oxidation sites excluding steroid dienone is 1. The molecule has 0 saturated carbocycles. The Hall–Kier alpha value is -2.85. The third-order valence-electron chi connectivity index (χ3n) is 5.70. The molecule has 3 rings (SSSR count). The molecule has 0 saturated heterocycles. The van der Waals surface area contributed by atoms with Gasteiger partial charge in [-0.25, -0.2) is 0 Å². The normalized spacial score (nSPS) is 11.3. The quantitative estimate of drug-likeness (QED) is 0.183. The Morgan fingerprint density at radius 2 is 1.81 bits per heavy atom. The topological polar surface area (TPSA) is 48.3 Å². The Morgan fingerprint density at radius 1 is 1.03 bits per heavy atom. The Kier molecular flexibility index (Phi) is 8.69. The maximum atomic E-state index is 13.1. The van der Waals surface area contributed by atoms with Gasteiger partial charge in [-0.3, -0.25) is 9.59 Å². The van der Waals surface area contributed by atoms with Crippen molar-refractivity contribution >= 4 is 40.3 Å². The molecule has 1 heterocycles. The number of carbonyl (C=O) groups is 2. The molecule has 1 aromatic heterocycles. The molecule has 168 valence electrons. The minimum atomic E-state index is -0.297. The molecule has 0 fully saturated rings. The lowest BCUT2D eigenvalue weighted by Gasteiger charge is -2.04. The predicted molar refractivity (Wildman–Crippen MR) is 131 cm³/mol.